The Balaban J connectivity index is 1.43. The fraction of sp³-hybridized carbons (Fsp3) is 0.591. The van der Waals surface area contributed by atoms with Crippen molar-refractivity contribution < 1.29 is 9.53 Å². The number of nitrogens with one attached hydrogen (secondary N) is 1. The highest BCUT2D eigenvalue weighted by atomic mass is 16.5. The van der Waals surface area contributed by atoms with Gasteiger partial charge in [0.05, 0.1) is 0 Å². The van der Waals surface area contributed by atoms with Crippen molar-refractivity contribution in [2.45, 2.75) is 46.1 Å². The van der Waals surface area contributed by atoms with Crippen molar-refractivity contribution >= 4 is 5.91 Å². The summed E-state index contributed by atoms with van der Waals surface area (Å²) < 4.78 is 7.71. The highest BCUT2D eigenvalue weighted by Crippen LogP contribution is 2.14. The van der Waals surface area contributed by atoms with E-state index in [4.69, 9.17) is 4.74 Å². The van der Waals surface area contributed by atoms with Gasteiger partial charge in [-0.1, -0.05) is 44.9 Å². The second kappa shape index (κ2) is 11.0. The molecule has 1 aliphatic heterocycles. The van der Waals surface area contributed by atoms with E-state index in [0.29, 0.717) is 18.7 Å². The molecule has 7 heteroatoms. The van der Waals surface area contributed by atoms with Crippen LogP contribution in [-0.4, -0.2) is 58.4 Å². The normalized spacial score (nSPS) is 14.4. The lowest BCUT2D eigenvalue weighted by molar-refractivity contribution is -0.123. The number of amides is 1. The number of carbonyl (C=O) groups is 1. The first-order valence-corrected chi connectivity index (χ1v) is 10.8. The van der Waals surface area contributed by atoms with Gasteiger partial charge in [0, 0.05) is 45.6 Å². The van der Waals surface area contributed by atoms with Crippen molar-refractivity contribution in [3.63, 3.8) is 0 Å². The Labute approximate surface area is 173 Å². The molecule has 0 radical (unpaired) electrons. The lowest BCUT2D eigenvalue weighted by atomic mass is 10.0. The summed E-state index contributed by atoms with van der Waals surface area (Å²) in [5, 5.41) is 11.7. The van der Waals surface area contributed by atoms with Crippen LogP contribution in [0.15, 0.2) is 30.3 Å². The van der Waals surface area contributed by atoms with Crippen LogP contribution < -0.4 is 10.1 Å². The van der Waals surface area contributed by atoms with Gasteiger partial charge in [0.2, 0.25) is 0 Å². The Morgan fingerprint density at radius 2 is 1.93 bits per heavy atom. The minimum absolute atomic E-state index is 0.0208. The number of para-hydroxylation sites is 1. The minimum atomic E-state index is -0.124. The van der Waals surface area contributed by atoms with Crippen LogP contribution >= 0.6 is 0 Å². The van der Waals surface area contributed by atoms with Crippen LogP contribution in [0.3, 0.4) is 0 Å². The van der Waals surface area contributed by atoms with Gasteiger partial charge in [0.15, 0.2) is 6.61 Å². The average Bonchev–Trinajstić information content (AvgIpc) is 3.02. The van der Waals surface area contributed by atoms with Crippen molar-refractivity contribution in [2.24, 2.45) is 5.92 Å². The Morgan fingerprint density at radius 1 is 1.14 bits per heavy atom. The molecule has 0 saturated heterocycles. The molecule has 0 atom stereocenters. The largest absolute Gasteiger partial charge is 0.484 e. The molecule has 0 unspecified atom stereocenters. The van der Waals surface area contributed by atoms with E-state index in [2.05, 4.69) is 38.8 Å². The van der Waals surface area contributed by atoms with Crippen molar-refractivity contribution in [3.8, 4) is 5.75 Å². The van der Waals surface area contributed by atoms with Crippen LogP contribution in [0.25, 0.3) is 0 Å². The van der Waals surface area contributed by atoms with Crippen LogP contribution in [-0.2, 0) is 24.2 Å². The highest BCUT2D eigenvalue weighted by Gasteiger charge is 2.20. The summed E-state index contributed by atoms with van der Waals surface area (Å²) in [6.07, 6.45) is 4.08. The topological polar surface area (TPSA) is 72.3 Å². The molecule has 0 fully saturated rings. The molecular formula is C22H33N5O2. The number of rotatable bonds is 10. The fourth-order valence-corrected chi connectivity index (χ4v) is 3.74. The van der Waals surface area contributed by atoms with Gasteiger partial charge in [0.25, 0.3) is 5.91 Å². The van der Waals surface area contributed by atoms with Crippen molar-refractivity contribution in [1.82, 2.24) is 25.0 Å². The number of fused-ring (bicyclic) bond motifs is 1. The molecule has 0 aliphatic carbocycles. The van der Waals surface area contributed by atoms with E-state index in [0.717, 1.165) is 50.2 Å². The monoisotopic (exact) mass is 399 g/mol. The number of hydrogen-bond acceptors (Lipinski definition) is 5. The van der Waals surface area contributed by atoms with E-state index in [1.807, 2.05) is 30.3 Å². The van der Waals surface area contributed by atoms with Gasteiger partial charge in [-0.15, -0.1) is 10.2 Å². The number of benzene rings is 1. The molecule has 0 spiro atoms. The molecule has 2 aromatic rings. The number of aromatic nitrogens is 3. The maximum atomic E-state index is 12.0. The quantitative estimate of drug-likeness (QED) is 0.664. The second-order valence-electron chi connectivity index (χ2n) is 7.62. The van der Waals surface area contributed by atoms with Gasteiger partial charge in [-0.25, -0.2) is 0 Å². The van der Waals surface area contributed by atoms with E-state index in [1.165, 1.54) is 12.8 Å². The van der Waals surface area contributed by atoms with E-state index < -0.39 is 0 Å². The highest BCUT2D eigenvalue weighted by molar-refractivity contribution is 5.77. The molecule has 1 aromatic heterocycles. The molecule has 1 aliphatic rings. The van der Waals surface area contributed by atoms with Crippen molar-refractivity contribution in [1.29, 1.82) is 0 Å². The van der Waals surface area contributed by atoms with Crippen LogP contribution in [0.1, 0.15) is 38.3 Å². The maximum Gasteiger partial charge on any atom is 0.257 e. The smallest absolute Gasteiger partial charge is 0.257 e. The van der Waals surface area contributed by atoms with Crippen LogP contribution in [0, 0.1) is 5.92 Å². The summed E-state index contributed by atoms with van der Waals surface area (Å²) in [5.74, 6) is 3.36. The zero-order valence-electron chi connectivity index (χ0n) is 17.6. The fourth-order valence-electron chi connectivity index (χ4n) is 3.74. The van der Waals surface area contributed by atoms with Gasteiger partial charge >= 0.3 is 0 Å². The van der Waals surface area contributed by atoms with Gasteiger partial charge < -0.3 is 19.5 Å². The Morgan fingerprint density at radius 3 is 2.69 bits per heavy atom. The molecule has 2 heterocycles. The van der Waals surface area contributed by atoms with Gasteiger partial charge in [-0.3, -0.25) is 4.79 Å². The van der Waals surface area contributed by atoms with Crippen LogP contribution in [0.4, 0.5) is 0 Å². The van der Waals surface area contributed by atoms with Crippen LogP contribution in [0.2, 0.25) is 0 Å². The molecule has 1 amide bonds. The second-order valence-corrected chi connectivity index (χ2v) is 7.62. The molecule has 29 heavy (non-hydrogen) atoms. The average molecular weight is 400 g/mol. The molecule has 0 saturated carbocycles. The van der Waals surface area contributed by atoms with E-state index >= 15 is 0 Å². The summed E-state index contributed by atoms with van der Waals surface area (Å²) in [5.41, 5.74) is 0. The summed E-state index contributed by atoms with van der Waals surface area (Å²) in [7, 11) is 0. The van der Waals surface area contributed by atoms with Crippen LogP contribution in [0.5, 0.6) is 5.75 Å². The first-order chi connectivity index (χ1) is 14.2. The molecule has 3 rings (SSSR count). The number of hydrogen-bond donors (Lipinski definition) is 1. The third kappa shape index (κ3) is 6.29. The Bertz CT molecular complexity index is 758. The molecule has 0 bridgehead atoms. The predicted octanol–water partition coefficient (Wildman–Crippen LogP) is 2.31. The zero-order valence-corrected chi connectivity index (χ0v) is 17.6. The summed E-state index contributed by atoms with van der Waals surface area (Å²) in [4.78, 5) is 14.6. The molecular weight excluding hydrogens is 366 g/mol. The first kappa shape index (κ1) is 21.3. The van der Waals surface area contributed by atoms with E-state index in [1.54, 1.807) is 0 Å². The zero-order chi connectivity index (χ0) is 20.5. The molecule has 1 aromatic carbocycles. The van der Waals surface area contributed by atoms with E-state index in [9.17, 15) is 4.79 Å². The first-order valence-electron chi connectivity index (χ1n) is 10.8. The Hall–Kier alpha value is -2.41. The molecule has 1 N–H and O–H groups in total. The minimum Gasteiger partial charge on any atom is -0.484 e. The molecule has 7 nitrogen and oxygen atoms in total. The van der Waals surface area contributed by atoms with Crippen molar-refractivity contribution in [2.75, 3.05) is 32.8 Å². The third-order valence-electron chi connectivity index (χ3n) is 5.65. The number of ether oxygens (including phenoxy) is 1. The van der Waals surface area contributed by atoms with Gasteiger partial charge in [-0.05, 0) is 18.1 Å². The summed E-state index contributed by atoms with van der Waals surface area (Å²) in [6.45, 7) is 9.27. The van der Waals surface area contributed by atoms with Gasteiger partial charge in [-0.2, -0.15) is 0 Å². The number of carbonyl (C=O) groups excluding carboxylic acids is 1. The predicted molar refractivity (Wildman–Crippen MR) is 113 cm³/mol. The number of nitrogens with zero attached hydrogens (tertiary/aromatic N) is 4. The van der Waals surface area contributed by atoms with Gasteiger partial charge in [0.1, 0.15) is 17.4 Å². The third-order valence-corrected chi connectivity index (χ3v) is 5.65. The van der Waals surface area contributed by atoms with E-state index in [-0.39, 0.29) is 12.5 Å². The Kier molecular flexibility index (Phi) is 8.04. The summed E-state index contributed by atoms with van der Waals surface area (Å²) in [6, 6.07) is 9.36. The maximum absolute atomic E-state index is 12.0. The lowest BCUT2D eigenvalue weighted by Crippen LogP contribution is -2.32. The van der Waals surface area contributed by atoms with Crippen molar-refractivity contribution in [3.05, 3.63) is 42.0 Å². The summed E-state index contributed by atoms with van der Waals surface area (Å²) >= 11 is 0. The SMILES string of the molecule is CCC(CC)CN1CCc2nnc(CCNC(=O)COc3ccccc3)n2CC1. The lowest BCUT2D eigenvalue weighted by Gasteiger charge is -2.24. The molecule has 158 valence electrons. The standard InChI is InChI=1S/C22H33N5O2/c1-3-18(4-2)16-26-13-11-21-25-24-20(27(21)15-14-26)10-12-23-22(28)17-29-19-8-6-5-7-9-19/h5-9,18H,3-4,10-17H2,1-2H3,(H,23,28).